The highest BCUT2D eigenvalue weighted by Gasteiger charge is 2.23. The van der Waals surface area contributed by atoms with E-state index in [1.165, 1.54) is 24.3 Å². The first-order chi connectivity index (χ1) is 20.2. The van der Waals surface area contributed by atoms with Gasteiger partial charge < -0.3 is 20.3 Å². The molecule has 0 saturated heterocycles. The second kappa shape index (κ2) is 14.5. The van der Waals surface area contributed by atoms with Crippen LogP contribution in [0.5, 0.6) is 5.75 Å². The van der Waals surface area contributed by atoms with Crippen molar-refractivity contribution in [2.75, 3.05) is 13.2 Å². The van der Waals surface area contributed by atoms with Gasteiger partial charge in [-0.05, 0) is 91.9 Å². The van der Waals surface area contributed by atoms with Crippen LogP contribution < -0.4 is 5.32 Å². The number of esters is 1. The summed E-state index contributed by atoms with van der Waals surface area (Å²) in [5.74, 6) is -1.13. The topological polar surface area (TPSA) is 113 Å². The summed E-state index contributed by atoms with van der Waals surface area (Å²) in [6, 6.07) is 27.2. The van der Waals surface area contributed by atoms with E-state index in [0.717, 1.165) is 29.2 Å². The summed E-state index contributed by atoms with van der Waals surface area (Å²) in [6.07, 6.45) is 1.35. The third-order valence-electron chi connectivity index (χ3n) is 6.93. The molecule has 0 heterocycles. The number of sulfone groups is 1. The molecular weight excluding hydrogens is 574 g/mol. The van der Waals surface area contributed by atoms with Gasteiger partial charge >= 0.3 is 5.97 Å². The minimum Gasteiger partial charge on any atom is -0.507 e. The number of aromatic hydroxyl groups is 1. The number of hydrogen-bond donors (Lipinski definition) is 3. The van der Waals surface area contributed by atoms with Crippen molar-refractivity contribution in [2.24, 2.45) is 0 Å². The molecule has 42 heavy (non-hydrogen) atoms. The van der Waals surface area contributed by atoms with Crippen LogP contribution in [-0.4, -0.2) is 43.8 Å². The molecule has 0 saturated carbocycles. The normalized spacial score (nSPS) is 12.9. The SMILES string of the molecule is CCOC(=O)c1cc(S(=O)(=O)c2ccc(CCCNC(Cc3ccccc3)[C@H](O)c3cccc(Cl)c3)cc2)ccc1O. The highest BCUT2D eigenvalue weighted by Crippen LogP contribution is 2.27. The van der Waals surface area contributed by atoms with Crippen LogP contribution in [0.4, 0.5) is 0 Å². The van der Waals surface area contributed by atoms with Crippen LogP contribution in [0.15, 0.2) is 107 Å². The second-order valence-corrected chi connectivity index (χ2v) is 12.3. The minimum atomic E-state index is -3.92. The Kier molecular flexibility index (Phi) is 10.8. The Balaban J connectivity index is 1.39. The fraction of sp³-hybridized carbons (Fsp3) is 0.242. The molecule has 0 spiro atoms. The van der Waals surface area contributed by atoms with E-state index in [9.17, 15) is 23.4 Å². The lowest BCUT2D eigenvalue weighted by atomic mass is 9.96. The zero-order valence-corrected chi connectivity index (χ0v) is 24.8. The minimum absolute atomic E-state index is 0.0810. The van der Waals surface area contributed by atoms with E-state index in [-0.39, 0.29) is 33.8 Å². The van der Waals surface area contributed by atoms with Crippen molar-refractivity contribution < 1.29 is 28.2 Å². The first-order valence-electron chi connectivity index (χ1n) is 13.7. The second-order valence-electron chi connectivity index (χ2n) is 9.90. The Bertz CT molecular complexity index is 1590. The molecule has 9 heteroatoms. The first kappa shape index (κ1) is 31.3. The predicted molar refractivity (Wildman–Crippen MR) is 163 cm³/mol. The molecule has 0 amide bonds. The van der Waals surface area contributed by atoms with E-state index in [2.05, 4.69) is 5.32 Å². The monoisotopic (exact) mass is 607 g/mol. The van der Waals surface area contributed by atoms with Gasteiger partial charge in [0.2, 0.25) is 9.84 Å². The molecule has 0 fully saturated rings. The molecule has 0 radical (unpaired) electrons. The van der Waals surface area contributed by atoms with Crippen molar-refractivity contribution in [3.05, 3.63) is 124 Å². The number of carbonyl (C=O) groups is 1. The van der Waals surface area contributed by atoms with Gasteiger partial charge in [0.25, 0.3) is 0 Å². The van der Waals surface area contributed by atoms with E-state index in [1.807, 2.05) is 42.5 Å². The van der Waals surface area contributed by atoms with Crippen LogP contribution in [0.3, 0.4) is 0 Å². The van der Waals surface area contributed by atoms with Gasteiger partial charge in [0.05, 0.1) is 22.5 Å². The quantitative estimate of drug-likeness (QED) is 0.128. The van der Waals surface area contributed by atoms with Crippen LogP contribution in [0.25, 0.3) is 0 Å². The summed E-state index contributed by atoms with van der Waals surface area (Å²) in [5.41, 5.74) is 2.61. The predicted octanol–water partition coefficient (Wildman–Crippen LogP) is 5.92. The Morgan fingerprint density at radius 2 is 1.62 bits per heavy atom. The Morgan fingerprint density at radius 3 is 2.31 bits per heavy atom. The van der Waals surface area contributed by atoms with E-state index in [0.29, 0.717) is 24.4 Å². The number of rotatable bonds is 13. The lowest BCUT2D eigenvalue weighted by molar-refractivity contribution is 0.0522. The summed E-state index contributed by atoms with van der Waals surface area (Å²) in [4.78, 5) is 12.1. The van der Waals surface area contributed by atoms with Crippen molar-refractivity contribution in [3.8, 4) is 5.75 Å². The van der Waals surface area contributed by atoms with Crippen molar-refractivity contribution in [2.45, 2.75) is 48.1 Å². The molecule has 4 aromatic rings. The van der Waals surface area contributed by atoms with Crippen LogP contribution in [0.1, 0.15) is 46.5 Å². The lowest BCUT2D eigenvalue weighted by Crippen LogP contribution is -2.37. The van der Waals surface area contributed by atoms with E-state index in [4.69, 9.17) is 16.3 Å². The van der Waals surface area contributed by atoms with Crippen LogP contribution in [0, 0.1) is 0 Å². The Hall–Kier alpha value is -3.69. The Morgan fingerprint density at radius 1 is 0.905 bits per heavy atom. The molecule has 0 aliphatic carbocycles. The number of carbonyl (C=O) groups excluding carboxylic acids is 1. The smallest absolute Gasteiger partial charge is 0.341 e. The number of halogens is 1. The molecule has 1 unspecified atom stereocenters. The summed E-state index contributed by atoms with van der Waals surface area (Å²) >= 11 is 6.16. The van der Waals surface area contributed by atoms with Crippen LogP contribution >= 0.6 is 11.6 Å². The molecule has 0 aliphatic heterocycles. The average molecular weight is 608 g/mol. The molecule has 0 aromatic heterocycles. The summed E-state index contributed by atoms with van der Waals surface area (Å²) in [6.45, 7) is 2.36. The third-order valence-corrected chi connectivity index (χ3v) is 8.93. The van der Waals surface area contributed by atoms with Gasteiger partial charge in [-0.15, -0.1) is 0 Å². The maximum absolute atomic E-state index is 13.2. The zero-order valence-electron chi connectivity index (χ0n) is 23.2. The van der Waals surface area contributed by atoms with Crippen molar-refractivity contribution in [3.63, 3.8) is 0 Å². The number of aliphatic hydroxyl groups is 1. The number of hydrogen-bond acceptors (Lipinski definition) is 7. The van der Waals surface area contributed by atoms with E-state index in [1.54, 1.807) is 31.2 Å². The van der Waals surface area contributed by atoms with Gasteiger partial charge in [0, 0.05) is 11.1 Å². The molecular formula is C33H34ClNO6S. The van der Waals surface area contributed by atoms with Gasteiger partial charge in [-0.3, -0.25) is 0 Å². The number of phenols is 1. The molecule has 2 atom stereocenters. The number of phenolic OH excluding ortho intramolecular Hbond substituents is 1. The summed E-state index contributed by atoms with van der Waals surface area (Å²) < 4.78 is 31.3. The molecule has 7 nitrogen and oxygen atoms in total. The maximum atomic E-state index is 13.2. The standard InChI is InChI=1S/C33H34ClNO6S/c1-2-41-33(38)29-22-28(17-18-31(29)36)42(39,40)27-15-13-23(14-16-27)10-7-19-35-30(20-24-8-4-3-5-9-24)32(37)25-11-6-12-26(34)21-25/h3-6,8-9,11-18,21-22,30,32,35-37H,2,7,10,19-20H2,1H3/t30?,32-/m1/s1. The molecule has 4 aromatic carbocycles. The average Bonchev–Trinajstić information content (AvgIpc) is 2.99. The van der Waals surface area contributed by atoms with Crippen molar-refractivity contribution in [1.29, 1.82) is 0 Å². The number of nitrogens with one attached hydrogen (secondary N) is 1. The van der Waals surface area contributed by atoms with Crippen LogP contribution in [0.2, 0.25) is 5.02 Å². The maximum Gasteiger partial charge on any atom is 0.341 e. The van der Waals surface area contributed by atoms with Gasteiger partial charge in [-0.25, -0.2) is 13.2 Å². The van der Waals surface area contributed by atoms with E-state index < -0.39 is 21.9 Å². The fourth-order valence-electron chi connectivity index (χ4n) is 4.69. The van der Waals surface area contributed by atoms with Gasteiger partial charge in [0.15, 0.2) is 0 Å². The number of benzene rings is 4. The fourth-order valence-corrected chi connectivity index (χ4v) is 6.18. The van der Waals surface area contributed by atoms with E-state index >= 15 is 0 Å². The van der Waals surface area contributed by atoms with Crippen molar-refractivity contribution >= 4 is 27.4 Å². The number of aliphatic hydroxyl groups excluding tert-OH is 1. The molecule has 0 bridgehead atoms. The zero-order chi connectivity index (χ0) is 30.1. The lowest BCUT2D eigenvalue weighted by Gasteiger charge is -2.25. The third kappa shape index (κ3) is 7.98. The highest BCUT2D eigenvalue weighted by molar-refractivity contribution is 7.91. The van der Waals surface area contributed by atoms with Crippen molar-refractivity contribution in [1.82, 2.24) is 5.32 Å². The highest BCUT2D eigenvalue weighted by atomic mass is 35.5. The Labute approximate surface area is 251 Å². The molecule has 4 rings (SSSR count). The number of ether oxygens (including phenoxy) is 1. The van der Waals surface area contributed by atoms with Gasteiger partial charge in [-0.2, -0.15) is 0 Å². The largest absolute Gasteiger partial charge is 0.507 e. The van der Waals surface area contributed by atoms with Gasteiger partial charge in [-0.1, -0.05) is 66.2 Å². The molecule has 0 aliphatic rings. The van der Waals surface area contributed by atoms with Gasteiger partial charge in [0.1, 0.15) is 11.3 Å². The first-order valence-corrected chi connectivity index (χ1v) is 15.6. The summed E-state index contributed by atoms with van der Waals surface area (Å²) in [7, 11) is -3.92. The van der Waals surface area contributed by atoms with Crippen LogP contribution in [-0.2, 0) is 27.4 Å². The number of aryl methyl sites for hydroxylation is 1. The summed E-state index contributed by atoms with van der Waals surface area (Å²) in [5, 5.41) is 25.2. The molecule has 220 valence electrons. The molecule has 3 N–H and O–H groups in total.